The van der Waals surface area contributed by atoms with E-state index in [1.165, 1.54) is 4.90 Å². The summed E-state index contributed by atoms with van der Waals surface area (Å²) in [5, 5.41) is 42.9. The van der Waals surface area contributed by atoms with Gasteiger partial charge in [0.05, 0.1) is 36.4 Å². The molecule has 1 amide bonds. The van der Waals surface area contributed by atoms with E-state index in [9.17, 15) is 30.0 Å². The first-order chi connectivity index (χ1) is 20.9. The third-order valence-electron chi connectivity index (χ3n) is 8.79. The number of epoxide rings is 1. The quantitative estimate of drug-likeness (QED) is 0.109. The number of cyclic esters (lactones) is 1. The van der Waals surface area contributed by atoms with Gasteiger partial charge < -0.3 is 44.4 Å². The van der Waals surface area contributed by atoms with Crippen LogP contribution in [0.3, 0.4) is 0 Å². The van der Waals surface area contributed by atoms with E-state index in [4.69, 9.17) is 14.2 Å². The molecule has 1 fully saturated rings. The molecule has 258 valence electrons. The molecule has 0 bridgehead atoms. The van der Waals surface area contributed by atoms with Crippen LogP contribution >= 0.6 is 0 Å². The zero-order valence-corrected chi connectivity index (χ0v) is 28.7. The van der Waals surface area contributed by atoms with Gasteiger partial charge in [0.2, 0.25) is 0 Å². The molecule has 0 spiro atoms. The zero-order chi connectivity index (χ0) is 34.1. The molecule has 0 aromatic rings. The third-order valence-corrected chi connectivity index (χ3v) is 8.79. The highest BCUT2D eigenvalue weighted by Crippen LogP contribution is 2.37. The fraction of sp³-hybridized carbons (Fsp3) is 0.765. The van der Waals surface area contributed by atoms with Crippen LogP contribution in [0.2, 0.25) is 0 Å². The number of rotatable bonds is 12. The van der Waals surface area contributed by atoms with E-state index >= 15 is 0 Å². The lowest BCUT2D eigenvalue weighted by atomic mass is 9.88. The first-order valence-corrected chi connectivity index (χ1v) is 16.1. The summed E-state index contributed by atoms with van der Waals surface area (Å²) in [6.07, 6.45) is 5.48. The number of allylic oxidation sites excluding steroid dienone is 2. The van der Waals surface area contributed by atoms with Crippen LogP contribution in [0.25, 0.3) is 0 Å². The van der Waals surface area contributed by atoms with Crippen LogP contribution in [0.1, 0.15) is 73.6 Å². The summed E-state index contributed by atoms with van der Waals surface area (Å²) in [4.78, 5) is 29.1. The molecular weight excluding hydrogens is 580 g/mol. The molecule has 4 N–H and O–H groups in total. The molecule has 2 rings (SSSR count). The molecule has 11 heteroatoms. The van der Waals surface area contributed by atoms with E-state index in [1.807, 2.05) is 46.7 Å². The highest BCUT2D eigenvalue weighted by atomic mass is 16.6. The van der Waals surface area contributed by atoms with E-state index in [-0.39, 0.29) is 43.3 Å². The second-order valence-corrected chi connectivity index (χ2v) is 13.7. The molecule has 10 unspecified atom stereocenters. The van der Waals surface area contributed by atoms with Gasteiger partial charge in [0.1, 0.15) is 11.7 Å². The van der Waals surface area contributed by atoms with Gasteiger partial charge in [-0.15, -0.1) is 0 Å². The Balaban J connectivity index is 2.22. The first kappa shape index (κ1) is 38.9. The Labute approximate surface area is 269 Å². The van der Waals surface area contributed by atoms with Crippen molar-refractivity contribution in [3.63, 3.8) is 0 Å². The van der Waals surface area contributed by atoms with Gasteiger partial charge in [0.25, 0.3) is 0 Å². The Kier molecular flexibility index (Phi) is 14.7. The minimum Gasteiger partial charge on any atom is -0.457 e. The molecule has 0 saturated carbocycles. The largest absolute Gasteiger partial charge is 0.457 e. The normalized spacial score (nSPS) is 33.4. The third kappa shape index (κ3) is 12.8. The number of hydrogen-bond donors (Lipinski definition) is 4. The van der Waals surface area contributed by atoms with E-state index in [0.717, 1.165) is 0 Å². The summed E-state index contributed by atoms with van der Waals surface area (Å²) in [6, 6.07) is 0. The van der Waals surface area contributed by atoms with Crippen molar-refractivity contribution in [3.05, 3.63) is 36.0 Å². The van der Waals surface area contributed by atoms with Crippen LogP contribution < -0.4 is 0 Å². The van der Waals surface area contributed by atoms with Gasteiger partial charge in [0.15, 0.2) is 6.10 Å². The monoisotopic (exact) mass is 638 g/mol. The molecule has 11 nitrogen and oxygen atoms in total. The maximum absolute atomic E-state index is 12.9. The molecule has 0 aromatic heterocycles. The highest BCUT2D eigenvalue weighted by Gasteiger charge is 2.47. The number of nitrogens with zero attached hydrogens (tertiary/aromatic N) is 2. The highest BCUT2D eigenvalue weighted by molar-refractivity contribution is 5.70. The smallest absolute Gasteiger partial charge is 0.410 e. The van der Waals surface area contributed by atoms with Crippen molar-refractivity contribution in [2.45, 2.75) is 121 Å². The molecule has 1 saturated heterocycles. The van der Waals surface area contributed by atoms with Gasteiger partial charge in [-0.1, -0.05) is 45.1 Å². The maximum Gasteiger partial charge on any atom is 0.410 e. The number of esters is 1. The number of hydrogen-bond acceptors (Lipinski definition) is 10. The summed E-state index contributed by atoms with van der Waals surface area (Å²) in [5.74, 6) is -0.963. The van der Waals surface area contributed by atoms with Crippen molar-refractivity contribution in [3.8, 4) is 0 Å². The van der Waals surface area contributed by atoms with Crippen molar-refractivity contribution in [2.24, 2.45) is 11.8 Å². The maximum atomic E-state index is 12.9. The molecule has 0 aromatic carbocycles. The topological polar surface area (TPSA) is 153 Å². The van der Waals surface area contributed by atoms with Gasteiger partial charge >= 0.3 is 12.1 Å². The first-order valence-electron chi connectivity index (χ1n) is 16.1. The summed E-state index contributed by atoms with van der Waals surface area (Å²) in [5.41, 5.74) is -1.96. The Morgan fingerprint density at radius 1 is 1.27 bits per heavy atom. The van der Waals surface area contributed by atoms with E-state index in [1.54, 1.807) is 51.3 Å². The molecule has 2 aliphatic rings. The molecule has 2 heterocycles. The van der Waals surface area contributed by atoms with Crippen LogP contribution in [0.5, 0.6) is 0 Å². The van der Waals surface area contributed by atoms with Crippen molar-refractivity contribution in [2.75, 3.05) is 34.2 Å². The van der Waals surface area contributed by atoms with Gasteiger partial charge in [0, 0.05) is 38.4 Å². The van der Waals surface area contributed by atoms with Crippen LogP contribution in [0.15, 0.2) is 36.0 Å². The molecular formula is C34H58N2O9. The van der Waals surface area contributed by atoms with Gasteiger partial charge in [-0.25, -0.2) is 4.79 Å². The fourth-order valence-corrected chi connectivity index (χ4v) is 5.44. The SMILES string of the molecule is CCC(O)C(C)C1OC1CC(C)(O)/C=C/C=C(\C)C1OC(=O)CC(O)CCC(C)(O)C(OC(=O)N(C)CCN(C)C)/C=C/C1C. The summed E-state index contributed by atoms with van der Waals surface area (Å²) < 4.78 is 17.3. The molecule has 10 atom stereocenters. The van der Waals surface area contributed by atoms with Crippen LogP contribution in [0.4, 0.5) is 4.79 Å². The second kappa shape index (κ2) is 17.0. The van der Waals surface area contributed by atoms with Crippen molar-refractivity contribution in [1.82, 2.24) is 9.80 Å². The number of carbonyl (C=O) groups is 2. The summed E-state index contributed by atoms with van der Waals surface area (Å²) in [7, 11) is 5.45. The number of aliphatic hydroxyl groups is 4. The minimum atomic E-state index is -1.50. The fourth-order valence-electron chi connectivity index (χ4n) is 5.44. The van der Waals surface area contributed by atoms with Gasteiger partial charge in [-0.3, -0.25) is 4.79 Å². The molecule has 0 radical (unpaired) electrons. The second-order valence-electron chi connectivity index (χ2n) is 13.7. The van der Waals surface area contributed by atoms with E-state index in [0.29, 0.717) is 31.5 Å². The Bertz CT molecular complexity index is 1050. The Hall–Kier alpha value is -2.28. The van der Waals surface area contributed by atoms with E-state index < -0.39 is 47.7 Å². The average Bonchev–Trinajstić information content (AvgIpc) is 3.71. The van der Waals surface area contributed by atoms with Gasteiger partial charge in [-0.2, -0.15) is 0 Å². The van der Waals surface area contributed by atoms with Crippen molar-refractivity contribution < 1.29 is 44.2 Å². The minimum absolute atomic E-state index is 0.0124. The van der Waals surface area contributed by atoms with E-state index in [2.05, 4.69) is 0 Å². The predicted molar refractivity (Wildman–Crippen MR) is 172 cm³/mol. The zero-order valence-electron chi connectivity index (χ0n) is 28.7. The lowest BCUT2D eigenvalue weighted by Gasteiger charge is -2.33. The number of carbonyl (C=O) groups excluding carboxylic acids is 2. The summed E-state index contributed by atoms with van der Waals surface area (Å²) in [6.45, 7) is 11.9. The van der Waals surface area contributed by atoms with Crippen LogP contribution in [-0.2, 0) is 19.0 Å². The van der Waals surface area contributed by atoms with Crippen molar-refractivity contribution in [1.29, 1.82) is 0 Å². The van der Waals surface area contributed by atoms with Crippen LogP contribution in [0, 0.1) is 11.8 Å². The Morgan fingerprint density at radius 2 is 1.93 bits per heavy atom. The number of likely N-dealkylation sites (N-methyl/N-ethyl adjacent to an activating group) is 2. The summed E-state index contributed by atoms with van der Waals surface area (Å²) >= 11 is 0. The molecule has 45 heavy (non-hydrogen) atoms. The van der Waals surface area contributed by atoms with Crippen LogP contribution in [-0.4, -0.2) is 124 Å². The Morgan fingerprint density at radius 3 is 2.56 bits per heavy atom. The average molecular weight is 639 g/mol. The number of amides is 1. The lowest BCUT2D eigenvalue weighted by Crippen LogP contribution is -2.45. The predicted octanol–water partition coefficient (Wildman–Crippen LogP) is 3.20. The lowest BCUT2D eigenvalue weighted by molar-refractivity contribution is -0.151. The molecule has 0 aliphatic carbocycles. The number of ether oxygens (including phenoxy) is 3. The van der Waals surface area contributed by atoms with Gasteiger partial charge in [-0.05, 0) is 65.8 Å². The number of aliphatic hydroxyl groups excluding tert-OH is 2. The molecule has 2 aliphatic heterocycles. The van der Waals surface area contributed by atoms with Crippen molar-refractivity contribution >= 4 is 12.1 Å². The standard InChI is InChI=1S/C34H58N2O9/c1-10-26(38)24(4)31-27(43-31)21-33(5,41)16-11-12-22(2)30-23(3)13-14-28(44-32(40)36(9)19-18-35(7)8)34(6,42)17-15-25(37)20-29(39)45-30/h11-14,16,23-28,30-31,37-38,41-42H,10,15,17-21H2,1-9H3/b14-13+,16-11+,22-12+.